The highest BCUT2D eigenvalue weighted by Crippen LogP contribution is 2.46. The largest absolute Gasteiger partial charge is 0.573 e. The Labute approximate surface area is 158 Å². The zero-order chi connectivity index (χ0) is 20.0. The Kier molecular flexibility index (Phi) is 4.76. The molecule has 1 amide bonds. The van der Waals surface area contributed by atoms with Gasteiger partial charge in [-0.2, -0.15) is 0 Å². The highest BCUT2D eigenvalue weighted by Gasteiger charge is 2.40. The molecule has 1 atom stereocenters. The van der Waals surface area contributed by atoms with Crippen LogP contribution in [0.4, 0.5) is 18.0 Å². The number of fused-ring (bicyclic) bond motifs is 1. The van der Waals surface area contributed by atoms with Crippen LogP contribution in [0.15, 0.2) is 36.4 Å². The van der Waals surface area contributed by atoms with Crippen molar-refractivity contribution < 1.29 is 27.8 Å². The number of hydrogen-bond acceptors (Lipinski definition) is 2. The van der Waals surface area contributed by atoms with Gasteiger partial charge in [0.1, 0.15) is 5.75 Å². The summed E-state index contributed by atoms with van der Waals surface area (Å²) in [6.07, 6.45) is -5.27. The zero-order valence-electron chi connectivity index (χ0n) is 14.5. The summed E-state index contributed by atoms with van der Waals surface area (Å²) in [4.78, 5) is 11.1. The number of halogens is 4. The van der Waals surface area contributed by atoms with Crippen LogP contribution in [0, 0.1) is 5.41 Å². The van der Waals surface area contributed by atoms with Gasteiger partial charge in [0.15, 0.2) is 0 Å². The first kappa shape index (κ1) is 19.4. The number of carbonyl (C=O) groups is 1. The Hall–Kier alpha value is -2.41. The van der Waals surface area contributed by atoms with Gasteiger partial charge < -0.3 is 15.2 Å². The van der Waals surface area contributed by atoms with E-state index in [1.54, 1.807) is 12.1 Å². The maximum atomic E-state index is 12.5. The van der Waals surface area contributed by atoms with Gasteiger partial charge in [0.05, 0.1) is 6.04 Å². The SMILES string of the molecule is CC1(C)Cc2cc(-c3cc(OC(F)(F)F)ccc3Cl)ccc2C1NC(=O)O. The molecule has 0 saturated heterocycles. The molecule has 2 aromatic carbocycles. The molecule has 144 valence electrons. The summed E-state index contributed by atoms with van der Waals surface area (Å²) in [6.45, 7) is 3.91. The van der Waals surface area contributed by atoms with Crippen molar-refractivity contribution in [1.29, 1.82) is 0 Å². The van der Waals surface area contributed by atoms with E-state index in [4.69, 9.17) is 16.7 Å². The van der Waals surface area contributed by atoms with E-state index in [9.17, 15) is 18.0 Å². The maximum absolute atomic E-state index is 12.5. The van der Waals surface area contributed by atoms with Gasteiger partial charge in [0, 0.05) is 10.6 Å². The van der Waals surface area contributed by atoms with E-state index in [0.717, 1.165) is 17.2 Å². The van der Waals surface area contributed by atoms with Gasteiger partial charge in [0.2, 0.25) is 0 Å². The third-order valence-electron chi connectivity index (χ3n) is 4.63. The van der Waals surface area contributed by atoms with Crippen molar-refractivity contribution >= 4 is 17.7 Å². The highest BCUT2D eigenvalue weighted by atomic mass is 35.5. The van der Waals surface area contributed by atoms with Crippen LogP contribution < -0.4 is 10.1 Å². The number of nitrogens with one attached hydrogen (secondary N) is 1. The van der Waals surface area contributed by atoms with Crippen molar-refractivity contribution in [2.24, 2.45) is 5.41 Å². The first-order chi connectivity index (χ1) is 12.5. The molecule has 0 bridgehead atoms. The molecule has 1 aliphatic rings. The number of benzene rings is 2. The zero-order valence-corrected chi connectivity index (χ0v) is 15.3. The summed E-state index contributed by atoms with van der Waals surface area (Å²) in [5.74, 6) is -0.354. The molecule has 0 aliphatic heterocycles. The standard InChI is InChI=1S/C19H17ClF3NO3/c1-18(2)9-11-7-10(3-5-13(11)16(18)24-17(25)26)14-8-12(4-6-15(14)20)27-19(21,22)23/h3-8,16,24H,9H2,1-2H3,(H,25,26). The smallest absolute Gasteiger partial charge is 0.465 e. The average molecular weight is 400 g/mol. The first-order valence-electron chi connectivity index (χ1n) is 8.14. The maximum Gasteiger partial charge on any atom is 0.573 e. The minimum absolute atomic E-state index is 0.293. The van der Waals surface area contributed by atoms with E-state index in [1.807, 2.05) is 19.9 Å². The molecule has 0 saturated carbocycles. The molecule has 0 aromatic heterocycles. The number of carboxylic acid groups (broad SMARTS) is 1. The molecule has 0 fully saturated rings. The third-order valence-corrected chi connectivity index (χ3v) is 4.96. The quantitative estimate of drug-likeness (QED) is 0.686. The molecular weight excluding hydrogens is 383 g/mol. The molecular formula is C19H17ClF3NO3. The Bertz CT molecular complexity index is 896. The Morgan fingerprint density at radius 1 is 1.26 bits per heavy atom. The van der Waals surface area contributed by atoms with Gasteiger partial charge in [-0.05, 0) is 46.7 Å². The molecule has 0 spiro atoms. The highest BCUT2D eigenvalue weighted by molar-refractivity contribution is 6.33. The number of hydrogen-bond donors (Lipinski definition) is 2. The molecule has 8 heteroatoms. The molecule has 0 heterocycles. The number of amides is 1. The molecule has 3 rings (SSSR count). The second kappa shape index (κ2) is 6.64. The van der Waals surface area contributed by atoms with Crippen LogP contribution in [0.25, 0.3) is 11.1 Å². The summed E-state index contributed by atoms with van der Waals surface area (Å²) < 4.78 is 41.4. The van der Waals surface area contributed by atoms with Gasteiger partial charge in [-0.25, -0.2) is 4.79 Å². The molecule has 2 N–H and O–H groups in total. The Morgan fingerprint density at radius 2 is 1.96 bits per heavy atom. The second-order valence-electron chi connectivity index (χ2n) is 7.15. The molecule has 27 heavy (non-hydrogen) atoms. The molecule has 1 aliphatic carbocycles. The minimum Gasteiger partial charge on any atom is -0.465 e. The van der Waals surface area contributed by atoms with Crippen LogP contribution >= 0.6 is 11.6 Å². The number of alkyl halides is 3. The second-order valence-corrected chi connectivity index (χ2v) is 7.56. The van der Waals surface area contributed by atoms with Crippen molar-refractivity contribution in [3.8, 4) is 16.9 Å². The predicted molar refractivity (Wildman–Crippen MR) is 95.0 cm³/mol. The summed E-state index contributed by atoms with van der Waals surface area (Å²) in [7, 11) is 0. The average Bonchev–Trinajstić information content (AvgIpc) is 2.77. The van der Waals surface area contributed by atoms with Gasteiger partial charge in [-0.3, -0.25) is 0 Å². The lowest BCUT2D eigenvalue weighted by molar-refractivity contribution is -0.274. The van der Waals surface area contributed by atoms with Crippen LogP contribution in [0.1, 0.15) is 31.0 Å². The summed E-state index contributed by atoms with van der Waals surface area (Å²) >= 11 is 6.18. The summed E-state index contributed by atoms with van der Waals surface area (Å²) in [6, 6.07) is 8.72. The minimum atomic E-state index is -4.79. The fraction of sp³-hybridized carbons (Fsp3) is 0.316. The predicted octanol–water partition coefficient (Wildman–Crippen LogP) is 5.80. The van der Waals surface area contributed by atoms with Gasteiger partial charge in [-0.1, -0.05) is 43.6 Å². The van der Waals surface area contributed by atoms with Gasteiger partial charge in [-0.15, -0.1) is 13.2 Å². The van der Waals surface area contributed by atoms with Crippen LogP contribution in [0.3, 0.4) is 0 Å². The number of rotatable bonds is 3. The van der Waals surface area contributed by atoms with Crippen molar-refractivity contribution in [2.75, 3.05) is 0 Å². The fourth-order valence-electron chi connectivity index (χ4n) is 3.54. The Morgan fingerprint density at radius 3 is 2.59 bits per heavy atom. The lowest BCUT2D eigenvalue weighted by Gasteiger charge is -2.27. The molecule has 2 aromatic rings. The lowest BCUT2D eigenvalue weighted by Crippen LogP contribution is -2.34. The molecule has 1 unspecified atom stereocenters. The summed E-state index contributed by atoms with van der Waals surface area (Å²) in [5, 5.41) is 11.9. The molecule has 0 radical (unpaired) electrons. The van der Waals surface area contributed by atoms with Crippen LogP contribution in [0.2, 0.25) is 5.02 Å². The number of ether oxygens (including phenoxy) is 1. The van der Waals surface area contributed by atoms with Crippen LogP contribution in [-0.2, 0) is 6.42 Å². The normalized spacial score (nSPS) is 18.1. The van der Waals surface area contributed by atoms with E-state index in [1.165, 1.54) is 12.1 Å². The van der Waals surface area contributed by atoms with Crippen molar-refractivity contribution in [1.82, 2.24) is 5.32 Å². The topological polar surface area (TPSA) is 58.6 Å². The van der Waals surface area contributed by atoms with E-state index in [-0.39, 0.29) is 17.2 Å². The van der Waals surface area contributed by atoms with Gasteiger partial charge in [0.25, 0.3) is 0 Å². The fourth-order valence-corrected chi connectivity index (χ4v) is 3.77. The summed E-state index contributed by atoms with van der Waals surface area (Å²) in [5.41, 5.74) is 2.50. The van der Waals surface area contributed by atoms with Crippen LogP contribution in [0.5, 0.6) is 5.75 Å². The van der Waals surface area contributed by atoms with Crippen molar-refractivity contribution in [2.45, 2.75) is 32.7 Å². The van der Waals surface area contributed by atoms with E-state index < -0.39 is 12.5 Å². The van der Waals surface area contributed by atoms with Crippen LogP contribution in [-0.4, -0.2) is 17.6 Å². The van der Waals surface area contributed by atoms with Crippen molar-refractivity contribution in [3.63, 3.8) is 0 Å². The van der Waals surface area contributed by atoms with Crippen molar-refractivity contribution in [3.05, 3.63) is 52.5 Å². The van der Waals surface area contributed by atoms with Gasteiger partial charge >= 0.3 is 12.5 Å². The first-order valence-corrected chi connectivity index (χ1v) is 8.52. The lowest BCUT2D eigenvalue weighted by atomic mass is 9.85. The van der Waals surface area contributed by atoms with E-state index in [0.29, 0.717) is 22.6 Å². The van der Waals surface area contributed by atoms with E-state index >= 15 is 0 Å². The molecule has 4 nitrogen and oxygen atoms in total. The Balaban J connectivity index is 1.99. The third kappa shape index (κ3) is 4.13. The monoisotopic (exact) mass is 399 g/mol. The van der Waals surface area contributed by atoms with E-state index in [2.05, 4.69) is 10.1 Å².